The summed E-state index contributed by atoms with van der Waals surface area (Å²) in [6, 6.07) is 0. The highest BCUT2D eigenvalue weighted by Crippen LogP contribution is 2.23. The predicted molar refractivity (Wildman–Crippen MR) is 64.2 cm³/mol. The van der Waals surface area contributed by atoms with Gasteiger partial charge in [0.15, 0.2) is 0 Å². The zero-order valence-corrected chi connectivity index (χ0v) is 10.7. The number of hydrogen-bond donors (Lipinski definition) is 2. The Kier molecular flexibility index (Phi) is 4.56. The Hall–Kier alpha value is -0.120. The summed E-state index contributed by atoms with van der Waals surface area (Å²) in [4.78, 5) is 0. The Labute approximate surface area is 94.0 Å². The van der Waals surface area contributed by atoms with E-state index in [1.807, 2.05) is 0 Å². The average molecular weight is 214 g/mol. The minimum atomic E-state index is 0.0717. The summed E-state index contributed by atoms with van der Waals surface area (Å²) in [6.45, 7) is 12.7. The molecule has 90 valence electrons. The van der Waals surface area contributed by atoms with E-state index in [1.54, 1.807) is 0 Å². The fourth-order valence-electron chi connectivity index (χ4n) is 2.16. The summed E-state index contributed by atoms with van der Waals surface area (Å²) < 4.78 is 5.73. The first-order chi connectivity index (χ1) is 6.97. The molecule has 0 aromatic heterocycles. The molecule has 1 heterocycles. The van der Waals surface area contributed by atoms with Gasteiger partial charge in [-0.3, -0.25) is 0 Å². The van der Waals surface area contributed by atoms with Gasteiger partial charge in [0, 0.05) is 25.2 Å². The van der Waals surface area contributed by atoms with E-state index in [9.17, 15) is 0 Å². The van der Waals surface area contributed by atoms with Crippen LogP contribution in [-0.4, -0.2) is 37.4 Å². The molecule has 1 saturated heterocycles. The molecule has 2 N–H and O–H groups in total. The normalized spacial score (nSPS) is 27.2. The van der Waals surface area contributed by atoms with Crippen LogP contribution in [0.4, 0.5) is 0 Å². The maximum atomic E-state index is 5.73. The quantitative estimate of drug-likeness (QED) is 0.703. The molecule has 3 heteroatoms. The molecule has 0 bridgehead atoms. The molecule has 0 amide bonds. The third-order valence-corrected chi connectivity index (χ3v) is 3.02. The molecule has 1 unspecified atom stereocenters. The van der Waals surface area contributed by atoms with Gasteiger partial charge in [-0.1, -0.05) is 6.92 Å². The van der Waals surface area contributed by atoms with Crippen LogP contribution in [0.3, 0.4) is 0 Å². The van der Waals surface area contributed by atoms with Crippen LogP contribution in [0, 0.1) is 0 Å². The zero-order valence-electron chi connectivity index (χ0n) is 10.7. The number of likely N-dealkylation sites (N-methyl/N-ethyl adjacent to an activating group) is 1. The van der Waals surface area contributed by atoms with Crippen LogP contribution in [0.25, 0.3) is 0 Å². The van der Waals surface area contributed by atoms with Gasteiger partial charge in [0.25, 0.3) is 0 Å². The van der Waals surface area contributed by atoms with Gasteiger partial charge in [-0.25, -0.2) is 0 Å². The Balaban J connectivity index is 2.20. The fraction of sp³-hybridized carbons (Fsp3) is 1.00. The molecule has 0 aliphatic carbocycles. The van der Waals surface area contributed by atoms with Crippen LogP contribution in [0.15, 0.2) is 0 Å². The third kappa shape index (κ3) is 4.49. The van der Waals surface area contributed by atoms with Crippen molar-refractivity contribution in [3.8, 4) is 0 Å². The standard InChI is InChI=1S/C12H26N2O/c1-5-14-11(2,3)9-13-10-12(4)7-6-8-15-12/h13-14H,5-10H2,1-4H3. The fourth-order valence-corrected chi connectivity index (χ4v) is 2.16. The molecule has 1 aliphatic rings. The lowest BCUT2D eigenvalue weighted by molar-refractivity contribution is 0.0200. The summed E-state index contributed by atoms with van der Waals surface area (Å²) in [6.07, 6.45) is 2.39. The van der Waals surface area contributed by atoms with Crippen molar-refractivity contribution in [3.63, 3.8) is 0 Å². The number of ether oxygens (including phenoxy) is 1. The Bertz CT molecular complexity index is 186. The highest BCUT2D eigenvalue weighted by atomic mass is 16.5. The van der Waals surface area contributed by atoms with Gasteiger partial charge in [-0.15, -0.1) is 0 Å². The molecular weight excluding hydrogens is 188 g/mol. The molecule has 1 aliphatic heterocycles. The minimum absolute atomic E-state index is 0.0717. The Morgan fingerprint density at radius 1 is 1.40 bits per heavy atom. The van der Waals surface area contributed by atoms with E-state index in [1.165, 1.54) is 12.8 Å². The average Bonchev–Trinajstić information content (AvgIpc) is 2.51. The first kappa shape index (κ1) is 12.9. The molecular formula is C12H26N2O. The largest absolute Gasteiger partial charge is 0.374 e. The topological polar surface area (TPSA) is 33.3 Å². The highest BCUT2D eigenvalue weighted by molar-refractivity contribution is 4.85. The van der Waals surface area contributed by atoms with Crippen molar-refractivity contribution >= 4 is 0 Å². The van der Waals surface area contributed by atoms with Crippen LogP contribution in [0.5, 0.6) is 0 Å². The van der Waals surface area contributed by atoms with E-state index in [4.69, 9.17) is 4.74 Å². The number of nitrogens with one attached hydrogen (secondary N) is 2. The summed E-state index contributed by atoms with van der Waals surface area (Å²) in [5, 5.41) is 6.96. The second-order valence-corrected chi connectivity index (χ2v) is 5.42. The molecule has 1 fully saturated rings. The van der Waals surface area contributed by atoms with Crippen molar-refractivity contribution in [3.05, 3.63) is 0 Å². The number of hydrogen-bond acceptors (Lipinski definition) is 3. The van der Waals surface area contributed by atoms with E-state index < -0.39 is 0 Å². The first-order valence-electron chi connectivity index (χ1n) is 6.07. The van der Waals surface area contributed by atoms with Crippen LogP contribution in [-0.2, 0) is 4.74 Å². The van der Waals surface area contributed by atoms with Crippen molar-refractivity contribution in [2.75, 3.05) is 26.2 Å². The molecule has 0 aromatic rings. The van der Waals surface area contributed by atoms with E-state index in [0.29, 0.717) is 0 Å². The van der Waals surface area contributed by atoms with Gasteiger partial charge in [-0.05, 0) is 40.2 Å². The van der Waals surface area contributed by atoms with Gasteiger partial charge < -0.3 is 15.4 Å². The minimum Gasteiger partial charge on any atom is -0.374 e. The summed E-state index contributed by atoms with van der Waals surface area (Å²) >= 11 is 0. The molecule has 15 heavy (non-hydrogen) atoms. The van der Waals surface area contributed by atoms with Gasteiger partial charge in [-0.2, -0.15) is 0 Å². The third-order valence-electron chi connectivity index (χ3n) is 3.02. The summed E-state index contributed by atoms with van der Waals surface area (Å²) in [5.41, 5.74) is 0.242. The van der Waals surface area contributed by atoms with Crippen molar-refractivity contribution < 1.29 is 4.74 Å². The first-order valence-corrected chi connectivity index (χ1v) is 6.07. The second-order valence-electron chi connectivity index (χ2n) is 5.42. The van der Waals surface area contributed by atoms with Gasteiger partial charge in [0.05, 0.1) is 5.60 Å². The van der Waals surface area contributed by atoms with E-state index in [2.05, 4.69) is 38.3 Å². The van der Waals surface area contributed by atoms with E-state index in [0.717, 1.165) is 26.2 Å². The molecule has 1 atom stereocenters. The lowest BCUT2D eigenvalue weighted by Crippen LogP contribution is -2.50. The van der Waals surface area contributed by atoms with Crippen LogP contribution in [0.2, 0.25) is 0 Å². The molecule has 1 rings (SSSR count). The predicted octanol–water partition coefficient (Wildman–Crippen LogP) is 1.53. The summed E-state index contributed by atoms with van der Waals surface area (Å²) in [7, 11) is 0. The second kappa shape index (κ2) is 5.28. The van der Waals surface area contributed by atoms with Gasteiger partial charge >= 0.3 is 0 Å². The van der Waals surface area contributed by atoms with Crippen LogP contribution < -0.4 is 10.6 Å². The molecule has 0 spiro atoms. The lowest BCUT2D eigenvalue weighted by atomic mass is 10.0. The number of rotatable bonds is 6. The van der Waals surface area contributed by atoms with E-state index >= 15 is 0 Å². The monoisotopic (exact) mass is 214 g/mol. The SMILES string of the molecule is CCNC(C)(C)CNCC1(C)CCCO1. The smallest absolute Gasteiger partial charge is 0.0779 e. The van der Waals surface area contributed by atoms with Crippen LogP contribution in [0.1, 0.15) is 40.5 Å². The van der Waals surface area contributed by atoms with E-state index in [-0.39, 0.29) is 11.1 Å². The zero-order chi connectivity index (χ0) is 11.4. The molecule has 0 aromatic carbocycles. The molecule has 0 radical (unpaired) electrons. The van der Waals surface area contributed by atoms with Gasteiger partial charge in [0.1, 0.15) is 0 Å². The lowest BCUT2D eigenvalue weighted by Gasteiger charge is -2.29. The van der Waals surface area contributed by atoms with Crippen molar-refractivity contribution in [1.29, 1.82) is 0 Å². The maximum Gasteiger partial charge on any atom is 0.0779 e. The Morgan fingerprint density at radius 2 is 2.13 bits per heavy atom. The Morgan fingerprint density at radius 3 is 2.67 bits per heavy atom. The van der Waals surface area contributed by atoms with Crippen molar-refractivity contribution in [2.45, 2.75) is 51.7 Å². The summed E-state index contributed by atoms with van der Waals surface area (Å²) in [5.74, 6) is 0. The van der Waals surface area contributed by atoms with Gasteiger partial charge in [0.2, 0.25) is 0 Å². The maximum absolute atomic E-state index is 5.73. The molecule has 3 nitrogen and oxygen atoms in total. The highest BCUT2D eigenvalue weighted by Gasteiger charge is 2.29. The van der Waals surface area contributed by atoms with Crippen LogP contribution >= 0.6 is 0 Å². The molecule has 0 saturated carbocycles. The van der Waals surface area contributed by atoms with Crippen molar-refractivity contribution in [2.24, 2.45) is 0 Å². The van der Waals surface area contributed by atoms with Crippen molar-refractivity contribution in [1.82, 2.24) is 10.6 Å².